The summed E-state index contributed by atoms with van der Waals surface area (Å²) in [6, 6.07) is 14.9. The minimum atomic E-state index is 0.213. The molecule has 2 aromatic rings. The van der Waals surface area contributed by atoms with Gasteiger partial charge < -0.3 is 5.32 Å². The molecule has 4 rings (SSSR count). The molecule has 0 saturated carbocycles. The molecule has 0 saturated heterocycles. The fraction of sp³-hybridized carbons (Fsp3) is 0.222. The van der Waals surface area contributed by atoms with Crippen LogP contribution in [0.5, 0.6) is 0 Å². The first-order valence-corrected chi connectivity index (χ1v) is 7.41. The van der Waals surface area contributed by atoms with Crippen molar-refractivity contribution in [3.63, 3.8) is 0 Å². The zero-order valence-electron chi connectivity index (χ0n) is 11.8. The van der Waals surface area contributed by atoms with Gasteiger partial charge in [0.05, 0.1) is 12.4 Å². The third kappa shape index (κ3) is 2.25. The minimum Gasteiger partial charge on any atom is -0.346 e. The average molecular weight is 275 g/mol. The van der Waals surface area contributed by atoms with E-state index in [1.807, 2.05) is 24.7 Å². The van der Waals surface area contributed by atoms with Gasteiger partial charge in [0.1, 0.15) is 0 Å². The highest BCUT2D eigenvalue weighted by Gasteiger charge is 2.26. The smallest absolute Gasteiger partial charge is 0.0875 e. The first kappa shape index (κ1) is 12.3. The summed E-state index contributed by atoms with van der Waals surface area (Å²) in [6.07, 6.45) is 6.75. The Kier molecular flexibility index (Phi) is 3.03. The van der Waals surface area contributed by atoms with Crippen LogP contribution in [0.15, 0.2) is 59.2 Å². The molecule has 0 bridgehead atoms. The second-order valence-electron chi connectivity index (χ2n) is 5.52. The number of fused-ring (bicyclic) bond motifs is 2. The molecule has 1 N–H and O–H groups in total. The summed E-state index contributed by atoms with van der Waals surface area (Å²) >= 11 is 0. The van der Waals surface area contributed by atoms with E-state index in [1.165, 1.54) is 22.4 Å². The molecule has 1 atom stereocenters. The van der Waals surface area contributed by atoms with Crippen molar-refractivity contribution in [1.29, 1.82) is 0 Å². The van der Waals surface area contributed by atoms with Crippen molar-refractivity contribution < 1.29 is 0 Å². The van der Waals surface area contributed by atoms with Gasteiger partial charge in [-0.3, -0.25) is 9.98 Å². The van der Waals surface area contributed by atoms with Gasteiger partial charge in [-0.25, -0.2) is 0 Å². The second-order valence-corrected chi connectivity index (χ2v) is 5.52. The molecule has 104 valence electrons. The number of aromatic nitrogens is 1. The van der Waals surface area contributed by atoms with Gasteiger partial charge in [0.25, 0.3) is 0 Å². The number of aryl methyl sites for hydroxylation is 1. The van der Waals surface area contributed by atoms with Gasteiger partial charge in [-0.15, -0.1) is 0 Å². The molecule has 21 heavy (non-hydrogen) atoms. The molecule has 3 heteroatoms. The normalized spacial score (nSPS) is 19.7. The van der Waals surface area contributed by atoms with Crippen molar-refractivity contribution in [3.8, 4) is 0 Å². The summed E-state index contributed by atoms with van der Waals surface area (Å²) < 4.78 is 0. The lowest BCUT2D eigenvalue weighted by atomic mass is 9.84. The Morgan fingerprint density at radius 3 is 2.86 bits per heavy atom. The van der Waals surface area contributed by atoms with Crippen molar-refractivity contribution in [2.24, 2.45) is 4.99 Å². The standard InChI is InChI=1S/C18H17N3/c1-2-7-15-13(5-1)8-9-16-17(20-12-21-18(15)16)11-14-6-3-4-10-19-14/h1-7,10,12,17H,8-9,11H2,(H,20,21). The molecule has 0 radical (unpaired) electrons. The lowest BCUT2D eigenvalue weighted by Gasteiger charge is -2.29. The van der Waals surface area contributed by atoms with Crippen molar-refractivity contribution in [1.82, 2.24) is 10.3 Å². The summed E-state index contributed by atoms with van der Waals surface area (Å²) in [5, 5.41) is 3.36. The third-order valence-electron chi connectivity index (χ3n) is 4.27. The van der Waals surface area contributed by atoms with Gasteiger partial charge in [-0.05, 0) is 36.1 Å². The van der Waals surface area contributed by atoms with E-state index in [4.69, 9.17) is 0 Å². The van der Waals surface area contributed by atoms with Crippen LogP contribution in [0.4, 0.5) is 0 Å². The minimum absolute atomic E-state index is 0.213. The number of nitrogens with one attached hydrogen (secondary N) is 1. The summed E-state index contributed by atoms with van der Waals surface area (Å²) in [4.78, 5) is 9.09. The fourth-order valence-corrected chi connectivity index (χ4v) is 3.23. The maximum Gasteiger partial charge on any atom is 0.0875 e. The molecule has 1 unspecified atom stereocenters. The van der Waals surface area contributed by atoms with Crippen molar-refractivity contribution in [2.45, 2.75) is 25.3 Å². The summed E-state index contributed by atoms with van der Waals surface area (Å²) in [5.41, 5.74) is 6.54. The van der Waals surface area contributed by atoms with Gasteiger partial charge in [-0.2, -0.15) is 0 Å². The van der Waals surface area contributed by atoms with Crippen LogP contribution in [0.2, 0.25) is 0 Å². The van der Waals surface area contributed by atoms with Gasteiger partial charge in [0, 0.05) is 29.6 Å². The molecule has 1 aliphatic carbocycles. The highest BCUT2D eigenvalue weighted by molar-refractivity contribution is 5.83. The van der Waals surface area contributed by atoms with Crippen LogP contribution in [0.1, 0.15) is 23.2 Å². The van der Waals surface area contributed by atoms with E-state index in [0.29, 0.717) is 0 Å². The molecule has 3 nitrogen and oxygen atoms in total. The monoisotopic (exact) mass is 275 g/mol. The Balaban J connectivity index is 1.70. The van der Waals surface area contributed by atoms with Crippen LogP contribution >= 0.6 is 0 Å². The van der Waals surface area contributed by atoms with E-state index in [9.17, 15) is 0 Å². The predicted octanol–water partition coefficient (Wildman–Crippen LogP) is 2.98. The Bertz CT molecular complexity index is 716. The number of nitrogens with zero attached hydrogens (tertiary/aromatic N) is 2. The summed E-state index contributed by atoms with van der Waals surface area (Å²) in [7, 11) is 0. The molecule has 1 aromatic carbocycles. The maximum atomic E-state index is 4.65. The summed E-state index contributed by atoms with van der Waals surface area (Å²) in [5.74, 6) is 0. The SMILES string of the molecule is C1=NC(Cc2ccccn2)C2=C(N1)c1ccccc1CC2. The lowest BCUT2D eigenvalue weighted by molar-refractivity contribution is 0.688. The Labute approximate surface area is 124 Å². The van der Waals surface area contributed by atoms with Crippen LogP contribution < -0.4 is 5.32 Å². The van der Waals surface area contributed by atoms with Gasteiger partial charge in [0.2, 0.25) is 0 Å². The molecule has 0 fully saturated rings. The molecule has 0 spiro atoms. The van der Waals surface area contributed by atoms with Gasteiger partial charge >= 0.3 is 0 Å². The summed E-state index contributed by atoms with van der Waals surface area (Å²) in [6.45, 7) is 0. The number of pyridine rings is 1. The molecule has 2 aliphatic rings. The third-order valence-corrected chi connectivity index (χ3v) is 4.27. The van der Waals surface area contributed by atoms with E-state index < -0.39 is 0 Å². The first-order valence-electron chi connectivity index (χ1n) is 7.41. The van der Waals surface area contributed by atoms with Gasteiger partial charge in [0.15, 0.2) is 0 Å². The van der Waals surface area contributed by atoms with Crippen LogP contribution in [-0.2, 0) is 12.8 Å². The number of benzene rings is 1. The number of hydrogen-bond acceptors (Lipinski definition) is 3. The molecule has 2 heterocycles. The van der Waals surface area contributed by atoms with Crippen LogP contribution in [-0.4, -0.2) is 17.4 Å². The van der Waals surface area contributed by atoms with Gasteiger partial charge in [-0.1, -0.05) is 30.3 Å². The number of aliphatic imine (C=N–C) groups is 1. The first-order chi connectivity index (χ1) is 10.4. The van der Waals surface area contributed by atoms with E-state index in [1.54, 1.807) is 0 Å². The van der Waals surface area contributed by atoms with E-state index in [0.717, 1.165) is 25.0 Å². The zero-order valence-corrected chi connectivity index (χ0v) is 11.8. The molecule has 1 aliphatic heterocycles. The predicted molar refractivity (Wildman–Crippen MR) is 85.0 cm³/mol. The highest BCUT2D eigenvalue weighted by Crippen LogP contribution is 2.34. The number of hydrogen-bond donors (Lipinski definition) is 1. The fourth-order valence-electron chi connectivity index (χ4n) is 3.23. The van der Waals surface area contributed by atoms with Crippen molar-refractivity contribution in [3.05, 3.63) is 71.1 Å². The Morgan fingerprint density at radius 2 is 1.95 bits per heavy atom. The largest absolute Gasteiger partial charge is 0.346 e. The Hall–Kier alpha value is -2.42. The van der Waals surface area contributed by atoms with Crippen molar-refractivity contribution in [2.75, 3.05) is 0 Å². The molecule has 0 amide bonds. The van der Waals surface area contributed by atoms with Crippen LogP contribution in [0, 0.1) is 0 Å². The molecule has 1 aromatic heterocycles. The quantitative estimate of drug-likeness (QED) is 0.915. The highest BCUT2D eigenvalue weighted by atomic mass is 15.0. The number of rotatable bonds is 2. The van der Waals surface area contributed by atoms with E-state index >= 15 is 0 Å². The van der Waals surface area contributed by atoms with E-state index in [-0.39, 0.29) is 6.04 Å². The second kappa shape index (κ2) is 5.17. The lowest BCUT2D eigenvalue weighted by Crippen LogP contribution is -2.29. The van der Waals surface area contributed by atoms with Crippen LogP contribution in [0.3, 0.4) is 0 Å². The molecular formula is C18H17N3. The average Bonchev–Trinajstić information content (AvgIpc) is 2.56. The Morgan fingerprint density at radius 1 is 1.05 bits per heavy atom. The van der Waals surface area contributed by atoms with Crippen molar-refractivity contribution >= 4 is 12.0 Å². The zero-order chi connectivity index (χ0) is 14.1. The van der Waals surface area contributed by atoms with Crippen LogP contribution in [0.25, 0.3) is 5.70 Å². The molecular weight excluding hydrogens is 258 g/mol. The maximum absolute atomic E-state index is 4.65. The van der Waals surface area contributed by atoms with E-state index in [2.05, 4.69) is 45.6 Å². The topological polar surface area (TPSA) is 37.3 Å².